The highest BCUT2D eigenvalue weighted by Gasteiger charge is 2.33. The maximum Gasteiger partial charge on any atom is 0.263 e. The van der Waals surface area contributed by atoms with Crippen LogP contribution in [0.25, 0.3) is 0 Å². The van der Waals surface area contributed by atoms with E-state index in [1.54, 1.807) is 4.90 Å². The van der Waals surface area contributed by atoms with Gasteiger partial charge in [0.2, 0.25) is 0 Å². The Morgan fingerprint density at radius 1 is 1.45 bits per heavy atom. The van der Waals surface area contributed by atoms with E-state index in [1.807, 2.05) is 13.8 Å². The molecule has 122 valence electrons. The molecule has 2 rings (SSSR count). The van der Waals surface area contributed by atoms with Crippen molar-refractivity contribution in [2.75, 3.05) is 19.6 Å². The summed E-state index contributed by atoms with van der Waals surface area (Å²) in [5.74, 6) is -1.59. The number of rotatable bonds is 5. The standard InChI is InChI=1S/C16H22F2N2O2/c1-10(2)15(16(21)20-6-5-11(8-19)9-20)22-14-4-3-12(17)7-13(14)18/h3-4,7,10-11,15H,5-6,8-9,19H2,1-2H3/t11-,15+/m0/s1. The number of nitrogens with zero attached hydrogens (tertiary/aromatic N) is 1. The van der Waals surface area contributed by atoms with E-state index in [1.165, 1.54) is 6.07 Å². The molecule has 0 unspecified atom stereocenters. The van der Waals surface area contributed by atoms with Crippen LogP contribution in [0.15, 0.2) is 18.2 Å². The third-order valence-corrected chi connectivity index (χ3v) is 3.93. The molecule has 22 heavy (non-hydrogen) atoms. The number of likely N-dealkylation sites (tertiary alicyclic amines) is 1. The summed E-state index contributed by atoms with van der Waals surface area (Å²) >= 11 is 0. The van der Waals surface area contributed by atoms with Gasteiger partial charge in [-0.2, -0.15) is 0 Å². The molecule has 4 nitrogen and oxygen atoms in total. The van der Waals surface area contributed by atoms with Crippen LogP contribution >= 0.6 is 0 Å². The van der Waals surface area contributed by atoms with Crippen LogP contribution in [0.1, 0.15) is 20.3 Å². The second kappa shape index (κ2) is 7.05. The van der Waals surface area contributed by atoms with Crippen molar-refractivity contribution in [2.24, 2.45) is 17.6 Å². The lowest BCUT2D eigenvalue weighted by atomic mass is 10.1. The highest BCUT2D eigenvalue weighted by Crippen LogP contribution is 2.24. The number of halogens is 2. The minimum atomic E-state index is -0.806. The SMILES string of the molecule is CC(C)[C@@H](Oc1ccc(F)cc1F)C(=O)N1CC[C@@H](CN)C1. The Balaban J connectivity index is 2.11. The van der Waals surface area contributed by atoms with Crippen LogP contribution < -0.4 is 10.5 Å². The van der Waals surface area contributed by atoms with Crippen molar-refractivity contribution in [2.45, 2.75) is 26.4 Å². The fourth-order valence-corrected chi connectivity index (χ4v) is 2.58. The smallest absolute Gasteiger partial charge is 0.263 e. The predicted molar refractivity (Wildman–Crippen MR) is 79.4 cm³/mol. The Hall–Kier alpha value is -1.69. The van der Waals surface area contributed by atoms with Crippen molar-refractivity contribution in [3.8, 4) is 5.75 Å². The highest BCUT2D eigenvalue weighted by molar-refractivity contribution is 5.81. The average molecular weight is 312 g/mol. The zero-order valence-electron chi connectivity index (χ0n) is 12.9. The molecule has 0 aromatic heterocycles. The average Bonchev–Trinajstić information content (AvgIpc) is 2.94. The van der Waals surface area contributed by atoms with Gasteiger partial charge in [0.05, 0.1) is 0 Å². The molecule has 2 atom stereocenters. The van der Waals surface area contributed by atoms with Crippen LogP contribution in [0, 0.1) is 23.5 Å². The van der Waals surface area contributed by atoms with Crippen molar-refractivity contribution >= 4 is 5.91 Å². The first-order valence-electron chi connectivity index (χ1n) is 7.53. The molecule has 1 aliphatic rings. The van der Waals surface area contributed by atoms with E-state index < -0.39 is 17.7 Å². The lowest BCUT2D eigenvalue weighted by Crippen LogP contribution is -2.44. The molecule has 0 saturated carbocycles. The monoisotopic (exact) mass is 312 g/mol. The minimum absolute atomic E-state index is 0.108. The van der Waals surface area contributed by atoms with Gasteiger partial charge in [0.25, 0.3) is 5.91 Å². The number of nitrogens with two attached hydrogens (primary N) is 1. The third-order valence-electron chi connectivity index (χ3n) is 3.93. The summed E-state index contributed by atoms with van der Waals surface area (Å²) in [4.78, 5) is 14.3. The summed E-state index contributed by atoms with van der Waals surface area (Å²) in [6, 6.07) is 3.07. The van der Waals surface area contributed by atoms with E-state index in [-0.39, 0.29) is 17.6 Å². The largest absolute Gasteiger partial charge is 0.477 e. The summed E-state index contributed by atoms with van der Waals surface area (Å²) in [5.41, 5.74) is 5.64. The quantitative estimate of drug-likeness (QED) is 0.906. The zero-order valence-corrected chi connectivity index (χ0v) is 12.9. The van der Waals surface area contributed by atoms with Gasteiger partial charge in [-0.25, -0.2) is 8.78 Å². The summed E-state index contributed by atoms with van der Waals surface area (Å²) in [7, 11) is 0. The topological polar surface area (TPSA) is 55.6 Å². The van der Waals surface area contributed by atoms with E-state index in [0.29, 0.717) is 25.6 Å². The fourth-order valence-electron chi connectivity index (χ4n) is 2.58. The van der Waals surface area contributed by atoms with Crippen LogP contribution in [0.2, 0.25) is 0 Å². The Morgan fingerprint density at radius 3 is 2.73 bits per heavy atom. The molecule has 0 bridgehead atoms. The zero-order chi connectivity index (χ0) is 16.3. The van der Waals surface area contributed by atoms with Gasteiger partial charge in [0.15, 0.2) is 17.7 Å². The molecule has 0 spiro atoms. The Bertz CT molecular complexity index is 537. The molecule has 1 saturated heterocycles. The summed E-state index contributed by atoms with van der Waals surface area (Å²) in [6.07, 6.45) is 0.0781. The maximum atomic E-state index is 13.7. The molecule has 1 aromatic carbocycles. The van der Waals surface area contributed by atoms with Crippen LogP contribution in [0.5, 0.6) is 5.75 Å². The molecular formula is C16H22F2N2O2. The van der Waals surface area contributed by atoms with Gasteiger partial charge < -0.3 is 15.4 Å². The van der Waals surface area contributed by atoms with Gasteiger partial charge in [0.1, 0.15) is 5.82 Å². The van der Waals surface area contributed by atoms with Crippen molar-refractivity contribution in [3.63, 3.8) is 0 Å². The summed E-state index contributed by atoms with van der Waals surface area (Å²) < 4.78 is 32.2. The van der Waals surface area contributed by atoms with Gasteiger partial charge in [-0.15, -0.1) is 0 Å². The van der Waals surface area contributed by atoms with Crippen molar-refractivity contribution in [3.05, 3.63) is 29.8 Å². The third kappa shape index (κ3) is 3.74. The number of hydrogen-bond acceptors (Lipinski definition) is 3. The number of benzene rings is 1. The number of amides is 1. The predicted octanol–water partition coefficient (Wildman–Crippen LogP) is 2.18. The molecule has 1 aliphatic heterocycles. The van der Waals surface area contributed by atoms with E-state index >= 15 is 0 Å². The van der Waals surface area contributed by atoms with Crippen molar-refractivity contribution in [1.82, 2.24) is 4.90 Å². The van der Waals surface area contributed by atoms with Crippen molar-refractivity contribution in [1.29, 1.82) is 0 Å². The molecule has 1 fully saturated rings. The van der Waals surface area contributed by atoms with E-state index in [9.17, 15) is 13.6 Å². The van der Waals surface area contributed by atoms with Gasteiger partial charge in [-0.3, -0.25) is 4.79 Å². The normalized spacial score (nSPS) is 19.5. The molecule has 1 amide bonds. The fraction of sp³-hybridized carbons (Fsp3) is 0.562. The molecule has 6 heteroatoms. The lowest BCUT2D eigenvalue weighted by Gasteiger charge is -2.27. The molecule has 1 aromatic rings. The number of carbonyl (C=O) groups excluding carboxylic acids is 1. The molecule has 1 heterocycles. The van der Waals surface area contributed by atoms with E-state index in [4.69, 9.17) is 10.5 Å². The number of ether oxygens (including phenoxy) is 1. The second-order valence-corrected chi connectivity index (χ2v) is 6.03. The van der Waals surface area contributed by atoms with Gasteiger partial charge >= 0.3 is 0 Å². The number of hydrogen-bond donors (Lipinski definition) is 1. The van der Waals surface area contributed by atoms with E-state index in [0.717, 1.165) is 18.6 Å². The molecular weight excluding hydrogens is 290 g/mol. The molecule has 0 aliphatic carbocycles. The van der Waals surface area contributed by atoms with Crippen LogP contribution in [0.4, 0.5) is 8.78 Å². The lowest BCUT2D eigenvalue weighted by molar-refractivity contribution is -0.139. The Labute approximate surface area is 129 Å². The van der Waals surface area contributed by atoms with Crippen LogP contribution in [-0.4, -0.2) is 36.5 Å². The second-order valence-electron chi connectivity index (χ2n) is 6.03. The van der Waals surface area contributed by atoms with Gasteiger partial charge in [-0.05, 0) is 36.9 Å². The molecule has 2 N–H and O–H groups in total. The first-order chi connectivity index (χ1) is 10.4. The maximum absolute atomic E-state index is 13.7. The Morgan fingerprint density at radius 2 is 2.18 bits per heavy atom. The first kappa shape index (κ1) is 16.7. The summed E-state index contributed by atoms with van der Waals surface area (Å²) in [6.45, 7) is 5.46. The molecule has 0 radical (unpaired) electrons. The van der Waals surface area contributed by atoms with Gasteiger partial charge in [-0.1, -0.05) is 13.8 Å². The van der Waals surface area contributed by atoms with Gasteiger partial charge in [0, 0.05) is 19.2 Å². The van der Waals surface area contributed by atoms with Crippen molar-refractivity contribution < 1.29 is 18.3 Å². The van der Waals surface area contributed by atoms with Crippen LogP contribution in [0.3, 0.4) is 0 Å². The number of carbonyl (C=O) groups is 1. The minimum Gasteiger partial charge on any atom is -0.477 e. The Kier molecular flexibility index (Phi) is 5.34. The van der Waals surface area contributed by atoms with E-state index in [2.05, 4.69) is 0 Å². The first-order valence-corrected chi connectivity index (χ1v) is 7.53. The highest BCUT2D eigenvalue weighted by atomic mass is 19.1. The summed E-state index contributed by atoms with van der Waals surface area (Å²) in [5, 5.41) is 0. The van der Waals surface area contributed by atoms with Crippen LogP contribution in [-0.2, 0) is 4.79 Å².